The second-order valence-corrected chi connectivity index (χ2v) is 13.5. The topological polar surface area (TPSA) is 0 Å². The summed E-state index contributed by atoms with van der Waals surface area (Å²) in [6, 6.07) is 9.30. The van der Waals surface area contributed by atoms with E-state index in [1.807, 2.05) is 0 Å². The smallest absolute Gasteiger partial charge is 0.0223 e. The molecule has 0 nitrogen and oxygen atoms in total. The molecule has 1 aromatic rings. The average Bonchev–Trinajstić information content (AvgIpc) is 3.04. The fraction of sp³-hybridized carbons (Fsp3) is 0.704. The first-order chi connectivity index (χ1) is 13.9. The summed E-state index contributed by atoms with van der Waals surface area (Å²) < 4.78 is 0. The monoisotopic (exact) mass is 534 g/mol. The molecule has 0 radical (unpaired) electrons. The zero-order chi connectivity index (χ0) is 20.3. The number of fused-ring (bicyclic) bond motifs is 1. The third kappa shape index (κ3) is 3.64. The maximum atomic E-state index is 6.18. The molecule has 4 saturated carbocycles. The van der Waals surface area contributed by atoms with Crippen molar-refractivity contribution in [1.82, 2.24) is 0 Å². The van der Waals surface area contributed by atoms with Crippen LogP contribution in [-0.4, -0.2) is 6.16 Å². The maximum Gasteiger partial charge on any atom is 0.0223 e. The third-order valence-corrected chi connectivity index (χ3v) is 10.4. The minimum Gasteiger partial charge on any atom is -0.100 e. The molecule has 0 spiro atoms. The summed E-state index contributed by atoms with van der Waals surface area (Å²) in [5, 5.41) is 0. The Morgan fingerprint density at radius 2 is 1.63 bits per heavy atom. The van der Waals surface area contributed by atoms with Crippen molar-refractivity contribution < 1.29 is 20.4 Å². The van der Waals surface area contributed by atoms with Crippen molar-refractivity contribution in [3.8, 4) is 0 Å². The van der Waals surface area contributed by atoms with Gasteiger partial charge in [-0.1, -0.05) is 57.2 Å². The molecule has 0 aromatic heterocycles. The van der Waals surface area contributed by atoms with Crippen LogP contribution in [0.3, 0.4) is 0 Å². The molecule has 0 saturated heterocycles. The van der Waals surface area contributed by atoms with E-state index in [4.69, 9.17) is 11.2 Å². The number of halogens is 1. The Morgan fingerprint density at radius 3 is 2.20 bits per heavy atom. The standard InChI is InChI=1S/C27H38ClP.Pd/c1-25(2,3)27(11-10-22-7-4-5-8-23(22)27)24(9-6-12-29-28)26-16-19-13-20(17-26)15-21(14-19)18-26;/h4-5,7-8,10-11,19-21,24,29H,6,9,12-18H2,1-3H3;. The molecule has 4 bridgehead atoms. The molecule has 1 aromatic carbocycles. The number of hydrogen-bond donors (Lipinski definition) is 0. The van der Waals surface area contributed by atoms with Crippen LogP contribution in [0.4, 0.5) is 0 Å². The van der Waals surface area contributed by atoms with E-state index in [9.17, 15) is 0 Å². The predicted octanol–water partition coefficient (Wildman–Crippen LogP) is 8.44. The van der Waals surface area contributed by atoms with Crippen LogP contribution in [-0.2, 0) is 25.8 Å². The van der Waals surface area contributed by atoms with Crippen molar-refractivity contribution in [2.45, 2.75) is 77.6 Å². The van der Waals surface area contributed by atoms with Crippen molar-refractivity contribution in [2.24, 2.45) is 34.5 Å². The van der Waals surface area contributed by atoms with Gasteiger partial charge in [0.25, 0.3) is 0 Å². The van der Waals surface area contributed by atoms with E-state index >= 15 is 0 Å². The van der Waals surface area contributed by atoms with E-state index in [2.05, 4.69) is 57.2 Å². The predicted molar refractivity (Wildman–Crippen MR) is 129 cm³/mol. The first-order valence-corrected chi connectivity index (χ1v) is 14.2. The van der Waals surface area contributed by atoms with Gasteiger partial charge < -0.3 is 0 Å². The summed E-state index contributed by atoms with van der Waals surface area (Å²) in [7, 11) is 0.574. The largest absolute Gasteiger partial charge is 0.100 e. The molecule has 168 valence electrons. The molecule has 3 atom stereocenters. The summed E-state index contributed by atoms with van der Waals surface area (Å²) >= 11 is 6.18. The maximum absolute atomic E-state index is 6.18. The van der Waals surface area contributed by atoms with Crippen LogP contribution in [0.2, 0.25) is 0 Å². The van der Waals surface area contributed by atoms with Gasteiger partial charge in [-0.05, 0) is 111 Å². The SMILES string of the molecule is CC(C)(C)C1(C(CCCPCl)C23CC4CC(CC(C4)C2)C3)C=Cc2ccccc21.[Pd]. The van der Waals surface area contributed by atoms with E-state index in [1.54, 1.807) is 5.56 Å². The summed E-state index contributed by atoms with van der Waals surface area (Å²) in [6.45, 7) is 7.53. The molecule has 4 fully saturated rings. The molecule has 30 heavy (non-hydrogen) atoms. The second-order valence-electron chi connectivity index (χ2n) is 11.9. The van der Waals surface area contributed by atoms with Crippen LogP contribution in [0.5, 0.6) is 0 Å². The Bertz CT molecular complexity index is 759. The summed E-state index contributed by atoms with van der Waals surface area (Å²) in [5.74, 6) is 3.78. The van der Waals surface area contributed by atoms with Crippen LogP contribution >= 0.6 is 19.2 Å². The number of rotatable bonds is 6. The average molecular weight is 535 g/mol. The molecule has 6 rings (SSSR count). The summed E-state index contributed by atoms with van der Waals surface area (Å²) in [5.41, 5.74) is 4.01. The van der Waals surface area contributed by atoms with Gasteiger partial charge in [0, 0.05) is 25.8 Å². The fourth-order valence-electron chi connectivity index (χ4n) is 8.80. The molecular weight excluding hydrogens is 497 g/mol. The third-order valence-electron chi connectivity index (χ3n) is 9.31. The molecule has 0 aliphatic heterocycles. The van der Waals surface area contributed by atoms with Crippen LogP contribution < -0.4 is 0 Å². The molecule has 0 amide bonds. The van der Waals surface area contributed by atoms with Crippen molar-refractivity contribution in [2.75, 3.05) is 6.16 Å². The molecule has 3 heteroatoms. The second kappa shape index (κ2) is 8.60. The van der Waals surface area contributed by atoms with E-state index in [0.29, 0.717) is 13.3 Å². The summed E-state index contributed by atoms with van der Waals surface area (Å²) in [6.07, 6.45) is 18.0. The fourth-order valence-corrected chi connectivity index (χ4v) is 9.54. The van der Waals surface area contributed by atoms with Gasteiger partial charge in [-0.3, -0.25) is 0 Å². The van der Waals surface area contributed by atoms with Crippen LogP contribution in [0.1, 0.15) is 83.3 Å². The van der Waals surface area contributed by atoms with E-state index in [1.165, 1.54) is 63.1 Å². The Morgan fingerprint density at radius 1 is 1.03 bits per heavy atom. The first-order valence-electron chi connectivity index (χ1n) is 12.0. The van der Waals surface area contributed by atoms with Gasteiger partial charge >= 0.3 is 0 Å². The van der Waals surface area contributed by atoms with Crippen LogP contribution in [0.15, 0.2) is 30.3 Å². The molecule has 0 N–H and O–H groups in total. The van der Waals surface area contributed by atoms with Gasteiger partial charge in [0.1, 0.15) is 0 Å². The molecule has 5 aliphatic rings. The van der Waals surface area contributed by atoms with E-state index in [-0.39, 0.29) is 31.3 Å². The quantitative estimate of drug-likeness (QED) is 0.195. The number of benzene rings is 1. The Kier molecular flexibility index (Phi) is 6.74. The van der Waals surface area contributed by atoms with Gasteiger partial charge in [-0.2, -0.15) is 0 Å². The van der Waals surface area contributed by atoms with Gasteiger partial charge in [0.15, 0.2) is 0 Å². The van der Waals surface area contributed by atoms with Gasteiger partial charge in [-0.25, -0.2) is 0 Å². The molecule has 5 aliphatic carbocycles. The van der Waals surface area contributed by atoms with E-state index < -0.39 is 0 Å². The molecule has 3 unspecified atom stereocenters. The zero-order valence-corrected chi connectivity index (χ0v) is 22.1. The summed E-state index contributed by atoms with van der Waals surface area (Å²) in [4.78, 5) is 0. The van der Waals surface area contributed by atoms with Crippen molar-refractivity contribution >= 4 is 25.3 Å². The Labute approximate surface area is 204 Å². The van der Waals surface area contributed by atoms with Crippen LogP contribution in [0.25, 0.3) is 6.08 Å². The van der Waals surface area contributed by atoms with Crippen molar-refractivity contribution in [1.29, 1.82) is 0 Å². The van der Waals surface area contributed by atoms with Crippen molar-refractivity contribution in [3.05, 3.63) is 41.5 Å². The normalized spacial score (nSPS) is 37.5. The Hall–Kier alpha value is 0.342. The molecular formula is C27H38ClPPd. The van der Waals surface area contributed by atoms with Gasteiger partial charge in [0.2, 0.25) is 0 Å². The van der Waals surface area contributed by atoms with Gasteiger partial charge in [0.05, 0.1) is 0 Å². The van der Waals surface area contributed by atoms with Crippen LogP contribution in [0, 0.1) is 34.5 Å². The molecule has 0 heterocycles. The first kappa shape index (κ1) is 23.5. The minimum absolute atomic E-state index is 0. The zero-order valence-electron chi connectivity index (χ0n) is 18.8. The number of allylic oxidation sites excluding steroid dienone is 1. The number of hydrogen-bond acceptors (Lipinski definition) is 0. The van der Waals surface area contributed by atoms with Crippen molar-refractivity contribution in [3.63, 3.8) is 0 Å². The van der Waals surface area contributed by atoms with Gasteiger partial charge in [-0.15, -0.1) is 11.2 Å². The van der Waals surface area contributed by atoms with E-state index in [0.717, 1.165) is 23.7 Å². The Balaban J connectivity index is 0.00000218. The minimum atomic E-state index is 0.